The number of hydrazine groups is 1. The van der Waals surface area contributed by atoms with E-state index in [2.05, 4.69) is 40.0 Å². The molecular formula is C27H33N3O5. The molecule has 186 valence electrons. The van der Waals surface area contributed by atoms with Crippen LogP contribution >= 0.6 is 0 Å². The second-order valence-electron chi connectivity index (χ2n) is 9.87. The summed E-state index contributed by atoms with van der Waals surface area (Å²) in [5.74, 6) is -1.36. The van der Waals surface area contributed by atoms with Crippen LogP contribution in [0.3, 0.4) is 0 Å². The van der Waals surface area contributed by atoms with Crippen molar-refractivity contribution in [2.75, 3.05) is 11.5 Å². The van der Waals surface area contributed by atoms with Gasteiger partial charge in [0.05, 0.1) is 18.7 Å². The number of hydrogen-bond donors (Lipinski definition) is 1. The quantitative estimate of drug-likeness (QED) is 0.502. The Balaban J connectivity index is 1.91. The molecule has 0 radical (unpaired) electrons. The normalized spacial score (nSPS) is 16.0. The zero-order chi connectivity index (χ0) is 25.9. The van der Waals surface area contributed by atoms with Crippen LogP contribution in [0.5, 0.6) is 0 Å². The first-order chi connectivity index (χ1) is 16.4. The molecule has 4 amide bonds. The molecule has 8 heteroatoms. The number of benzene rings is 2. The van der Waals surface area contributed by atoms with Crippen molar-refractivity contribution in [3.05, 3.63) is 65.2 Å². The molecule has 1 saturated heterocycles. The maximum atomic E-state index is 13.4. The van der Waals surface area contributed by atoms with Gasteiger partial charge in [0.15, 0.2) is 0 Å². The Morgan fingerprint density at radius 2 is 1.66 bits per heavy atom. The highest BCUT2D eigenvalue weighted by molar-refractivity contribution is 6.23. The molecule has 1 aliphatic heterocycles. The van der Waals surface area contributed by atoms with E-state index < -0.39 is 29.9 Å². The molecule has 1 N–H and O–H groups in total. The SMILES string of the molecule is CCOC(=O)NN(C(=O)c1ccc(C(C)(C)C)cc1)C1CC(=O)N(c2ccc(C(C)C)cc2)C1=O. The smallest absolute Gasteiger partial charge is 0.426 e. The number of carbonyl (C=O) groups excluding carboxylic acids is 4. The minimum Gasteiger partial charge on any atom is -0.449 e. The fourth-order valence-corrected chi connectivity index (χ4v) is 3.88. The Kier molecular flexibility index (Phi) is 7.63. The molecule has 0 spiro atoms. The van der Waals surface area contributed by atoms with Crippen molar-refractivity contribution in [2.45, 2.75) is 65.3 Å². The van der Waals surface area contributed by atoms with Gasteiger partial charge in [-0.15, -0.1) is 0 Å². The second-order valence-corrected chi connectivity index (χ2v) is 9.87. The van der Waals surface area contributed by atoms with Crippen LogP contribution in [-0.4, -0.2) is 41.5 Å². The van der Waals surface area contributed by atoms with Crippen LogP contribution in [0.2, 0.25) is 0 Å². The highest BCUT2D eigenvalue weighted by Crippen LogP contribution is 2.28. The van der Waals surface area contributed by atoms with Gasteiger partial charge >= 0.3 is 6.09 Å². The van der Waals surface area contributed by atoms with Gasteiger partial charge < -0.3 is 4.74 Å². The number of carbonyl (C=O) groups is 4. The highest BCUT2D eigenvalue weighted by atomic mass is 16.6. The minimum atomic E-state index is -1.20. The average molecular weight is 480 g/mol. The van der Waals surface area contributed by atoms with Gasteiger partial charge in [0.2, 0.25) is 5.91 Å². The number of nitrogens with zero attached hydrogens (tertiary/aromatic N) is 2. The van der Waals surface area contributed by atoms with Gasteiger partial charge in [-0.25, -0.2) is 20.1 Å². The van der Waals surface area contributed by atoms with E-state index in [4.69, 9.17) is 4.74 Å². The molecule has 1 aliphatic rings. The molecule has 2 aromatic rings. The molecule has 1 fully saturated rings. The number of nitrogens with one attached hydrogen (secondary N) is 1. The molecular weight excluding hydrogens is 446 g/mol. The van der Waals surface area contributed by atoms with Crippen molar-refractivity contribution in [1.29, 1.82) is 0 Å². The zero-order valence-corrected chi connectivity index (χ0v) is 21.1. The van der Waals surface area contributed by atoms with E-state index in [0.29, 0.717) is 11.6 Å². The van der Waals surface area contributed by atoms with Crippen molar-refractivity contribution < 1.29 is 23.9 Å². The van der Waals surface area contributed by atoms with Gasteiger partial charge in [0, 0.05) is 5.56 Å². The van der Waals surface area contributed by atoms with Crippen molar-refractivity contribution >= 4 is 29.5 Å². The van der Waals surface area contributed by atoms with Crippen LogP contribution < -0.4 is 10.3 Å². The first-order valence-electron chi connectivity index (χ1n) is 11.8. The van der Waals surface area contributed by atoms with Gasteiger partial charge in [-0.2, -0.15) is 0 Å². The van der Waals surface area contributed by atoms with Crippen LogP contribution in [0, 0.1) is 0 Å². The van der Waals surface area contributed by atoms with Gasteiger partial charge in [-0.05, 0) is 53.6 Å². The van der Waals surface area contributed by atoms with Crippen LogP contribution in [0.4, 0.5) is 10.5 Å². The molecule has 1 atom stereocenters. The van der Waals surface area contributed by atoms with E-state index in [1.807, 2.05) is 24.3 Å². The van der Waals surface area contributed by atoms with Crippen molar-refractivity contribution in [1.82, 2.24) is 10.4 Å². The maximum absolute atomic E-state index is 13.4. The summed E-state index contributed by atoms with van der Waals surface area (Å²) < 4.78 is 4.94. The van der Waals surface area contributed by atoms with E-state index in [0.717, 1.165) is 21.0 Å². The van der Waals surface area contributed by atoms with E-state index >= 15 is 0 Å². The summed E-state index contributed by atoms with van der Waals surface area (Å²) in [6.45, 7) is 12.0. The predicted molar refractivity (Wildman–Crippen MR) is 133 cm³/mol. The lowest BCUT2D eigenvalue weighted by Crippen LogP contribution is -2.54. The lowest BCUT2D eigenvalue weighted by Gasteiger charge is -2.28. The van der Waals surface area contributed by atoms with Crippen molar-refractivity contribution in [3.8, 4) is 0 Å². The molecule has 1 heterocycles. The lowest BCUT2D eigenvalue weighted by atomic mass is 9.86. The minimum absolute atomic E-state index is 0.0833. The third-order valence-corrected chi connectivity index (χ3v) is 5.96. The number of ether oxygens (including phenoxy) is 1. The highest BCUT2D eigenvalue weighted by Gasteiger charge is 2.45. The molecule has 2 aromatic carbocycles. The number of amides is 4. The van der Waals surface area contributed by atoms with Crippen LogP contribution in [0.15, 0.2) is 48.5 Å². The van der Waals surface area contributed by atoms with E-state index in [1.165, 1.54) is 0 Å². The third-order valence-electron chi connectivity index (χ3n) is 5.96. The van der Waals surface area contributed by atoms with Crippen LogP contribution in [-0.2, 0) is 19.7 Å². The van der Waals surface area contributed by atoms with Crippen LogP contribution in [0.25, 0.3) is 0 Å². The standard InChI is InChI=1S/C27H33N3O5/c1-7-35-26(34)28-30(24(32)19-8-12-20(13-9-19)27(4,5)6)22-16-23(31)29(25(22)33)21-14-10-18(11-15-21)17(2)3/h8-15,17,22H,7,16H2,1-6H3,(H,28,34). The Hall–Kier alpha value is -3.68. The molecule has 0 bridgehead atoms. The Morgan fingerprint density at radius 1 is 1.06 bits per heavy atom. The van der Waals surface area contributed by atoms with E-state index in [-0.39, 0.29) is 24.0 Å². The van der Waals surface area contributed by atoms with Gasteiger partial charge in [0.1, 0.15) is 6.04 Å². The first-order valence-corrected chi connectivity index (χ1v) is 11.8. The topological polar surface area (TPSA) is 96.0 Å². The summed E-state index contributed by atoms with van der Waals surface area (Å²) in [5, 5.41) is 0.910. The Bertz CT molecular complexity index is 1100. The summed E-state index contributed by atoms with van der Waals surface area (Å²) in [4.78, 5) is 52.9. The Labute approximate surface area is 206 Å². The molecule has 8 nitrogen and oxygen atoms in total. The predicted octanol–water partition coefficient (Wildman–Crippen LogP) is 4.54. The fraction of sp³-hybridized carbons (Fsp3) is 0.407. The molecule has 1 unspecified atom stereocenters. The second kappa shape index (κ2) is 10.3. The van der Waals surface area contributed by atoms with Crippen molar-refractivity contribution in [2.24, 2.45) is 0 Å². The van der Waals surface area contributed by atoms with Gasteiger partial charge in [0.25, 0.3) is 11.8 Å². The van der Waals surface area contributed by atoms with Gasteiger partial charge in [-0.1, -0.05) is 58.9 Å². The average Bonchev–Trinajstić information content (AvgIpc) is 3.10. The molecule has 0 saturated carbocycles. The lowest BCUT2D eigenvalue weighted by molar-refractivity contribution is -0.122. The van der Waals surface area contributed by atoms with Gasteiger partial charge in [-0.3, -0.25) is 14.4 Å². The number of rotatable bonds is 5. The number of anilines is 1. The zero-order valence-electron chi connectivity index (χ0n) is 21.1. The summed E-state index contributed by atoms with van der Waals surface area (Å²) in [5.41, 5.74) is 5.06. The largest absolute Gasteiger partial charge is 0.449 e. The van der Waals surface area contributed by atoms with Crippen molar-refractivity contribution in [3.63, 3.8) is 0 Å². The molecule has 35 heavy (non-hydrogen) atoms. The summed E-state index contributed by atoms with van der Waals surface area (Å²) >= 11 is 0. The third kappa shape index (κ3) is 5.70. The maximum Gasteiger partial charge on any atom is 0.426 e. The molecule has 0 aromatic heterocycles. The summed E-state index contributed by atoms with van der Waals surface area (Å²) in [7, 11) is 0. The number of hydrogen-bond acceptors (Lipinski definition) is 5. The summed E-state index contributed by atoms with van der Waals surface area (Å²) in [6, 6.07) is 12.9. The van der Waals surface area contributed by atoms with E-state index in [9.17, 15) is 19.2 Å². The van der Waals surface area contributed by atoms with E-state index in [1.54, 1.807) is 31.2 Å². The Morgan fingerprint density at radius 3 is 2.17 bits per heavy atom. The number of imide groups is 1. The first kappa shape index (κ1) is 25.9. The molecule has 3 rings (SSSR count). The molecule has 0 aliphatic carbocycles. The fourth-order valence-electron chi connectivity index (χ4n) is 3.88. The monoisotopic (exact) mass is 479 g/mol. The van der Waals surface area contributed by atoms with Crippen LogP contribution in [0.1, 0.15) is 75.4 Å². The summed E-state index contributed by atoms with van der Waals surface area (Å²) in [6.07, 6.45) is -1.14.